The number of piperazine rings is 1. The number of aromatic nitrogens is 3. The molecule has 1 aromatic heterocycles. The van der Waals surface area contributed by atoms with E-state index in [1.165, 1.54) is 0 Å². The summed E-state index contributed by atoms with van der Waals surface area (Å²) in [7, 11) is 0. The lowest BCUT2D eigenvalue weighted by Crippen LogP contribution is -2.48. The van der Waals surface area contributed by atoms with Crippen molar-refractivity contribution in [3.05, 3.63) is 11.9 Å². The summed E-state index contributed by atoms with van der Waals surface area (Å²) in [5.74, 6) is 0.684. The molecule has 0 saturated carbocycles. The van der Waals surface area contributed by atoms with Crippen LogP contribution in [0.15, 0.2) is 6.20 Å². The predicted octanol–water partition coefficient (Wildman–Crippen LogP) is 0.579. The third-order valence-corrected chi connectivity index (χ3v) is 4.14. The van der Waals surface area contributed by atoms with E-state index < -0.39 is 0 Å². The van der Waals surface area contributed by atoms with Gasteiger partial charge in [-0.3, -0.25) is 4.79 Å². The molecule has 0 aromatic carbocycles. The fraction of sp³-hybridized carbons (Fsp3) is 0.812. The Hall–Kier alpha value is -1.47. The first kappa shape index (κ1) is 17.9. The van der Waals surface area contributed by atoms with Crippen LogP contribution in [0.3, 0.4) is 0 Å². The van der Waals surface area contributed by atoms with Crippen LogP contribution in [0.1, 0.15) is 44.8 Å². The summed E-state index contributed by atoms with van der Waals surface area (Å²) in [5, 5.41) is 11.8. The van der Waals surface area contributed by atoms with Crippen molar-refractivity contribution >= 4 is 5.91 Å². The standard InChI is InChI=1S/C16H30N6O/c1-13(2)11-14-12-22(20-19-14)15(5-3-4-6-17)16(23)21-9-7-18-8-10-21/h12-13,15,18H,3-11,17H2,1-2H3/t15-/m0/s1. The fourth-order valence-electron chi connectivity index (χ4n) is 2.92. The van der Waals surface area contributed by atoms with E-state index in [0.717, 1.165) is 57.6 Å². The molecule has 130 valence electrons. The molecule has 23 heavy (non-hydrogen) atoms. The van der Waals surface area contributed by atoms with E-state index in [4.69, 9.17) is 5.73 Å². The normalized spacial score (nSPS) is 16.8. The average molecular weight is 322 g/mol. The number of rotatable bonds is 8. The first-order valence-corrected chi connectivity index (χ1v) is 8.72. The number of amides is 1. The molecule has 7 heteroatoms. The summed E-state index contributed by atoms with van der Waals surface area (Å²) in [4.78, 5) is 14.8. The van der Waals surface area contributed by atoms with Crippen LogP contribution >= 0.6 is 0 Å². The molecular weight excluding hydrogens is 292 g/mol. The number of unbranched alkanes of at least 4 members (excludes halogenated alkanes) is 1. The Balaban J connectivity index is 2.08. The maximum absolute atomic E-state index is 12.9. The van der Waals surface area contributed by atoms with Crippen molar-refractivity contribution in [2.24, 2.45) is 11.7 Å². The SMILES string of the molecule is CC(C)Cc1cn([C@@H](CCCCN)C(=O)N2CCNCC2)nn1. The van der Waals surface area contributed by atoms with Crippen molar-refractivity contribution < 1.29 is 4.79 Å². The molecule has 0 radical (unpaired) electrons. The molecule has 1 saturated heterocycles. The minimum absolute atomic E-state index is 0.157. The van der Waals surface area contributed by atoms with Crippen LogP contribution in [-0.2, 0) is 11.2 Å². The molecule has 3 N–H and O–H groups in total. The van der Waals surface area contributed by atoms with Crippen molar-refractivity contribution in [1.82, 2.24) is 25.2 Å². The zero-order chi connectivity index (χ0) is 16.7. The molecule has 1 aliphatic rings. The third-order valence-electron chi connectivity index (χ3n) is 4.14. The number of hydrogen-bond acceptors (Lipinski definition) is 5. The summed E-state index contributed by atoms with van der Waals surface area (Å²) in [5.41, 5.74) is 6.55. The van der Waals surface area contributed by atoms with Crippen LogP contribution in [0.5, 0.6) is 0 Å². The van der Waals surface area contributed by atoms with E-state index >= 15 is 0 Å². The van der Waals surface area contributed by atoms with Crippen molar-refractivity contribution in [3.8, 4) is 0 Å². The van der Waals surface area contributed by atoms with Crippen LogP contribution in [0, 0.1) is 5.92 Å². The Kier molecular flexibility index (Phi) is 6.98. The van der Waals surface area contributed by atoms with Crippen LogP contribution in [-0.4, -0.2) is 58.5 Å². The minimum atomic E-state index is -0.256. The van der Waals surface area contributed by atoms with Gasteiger partial charge in [-0.05, 0) is 38.1 Å². The summed E-state index contributed by atoms with van der Waals surface area (Å²) in [6.07, 6.45) is 5.45. The van der Waals surface area contributed by atoms with Crippen molar-refractivity contribution in [3.63, 3.8) is 0 Å². The number of nitrogens with zero attached hydrogens (tertiary/aromatic N) is 4. The Morgan fingerprint density at radius 2 is 2.09 bits per heavy atom. The number of carbonyl (C=O) groups is 1. The minimum Gasteiger partial charge on any atom is -0.338 e. The van der Waals surface area contributed by atoms with Gasteiger partial charge in [0.1, 0.15) is 6.04 Å². The Bertz CT molecular complexity index is 481. The van der Waals surface area contributed by atoms with Crippen LogP contribution in [0.2, 0.25) is 0 Å². The lowest BCUT2D eigenvalue weighted by molar-refractivity contribution is -0.136. The van der Waals surface area contributed by atoms with Gasteiger partial charge in [0.25, 0.3) is 0 Å². The third kappa shape index (κ3) is 5.28. The molecule has 1 aliphatic heterocycles. The quantitative estimate of drug-likeness (QED) is 0.683. The number of hydrogen-bond donors (Lipinski definition) is 2. The largest absolute Gasteiger partial charge is 0.338 e. The highest BCUT2D eigenvalue weighted by atomic mass is 16.2. The summed E-state index contributed by atoms with van der Waals surface area (Å²) < 4.78 is 1.76. The average Bonchev–Trinajstić information content (AvgIpc) is 2.99. The summed E-state index contributed by atoms with van der Waals surface area (Å²) in [6, 6.07) is -0.256. The monoisotopic (exact) mass is 322 g/mol. The van der Waals surface area contributed by atoms with Gasteiger partial charge < -0.3 is 16.0 Å². The van der Waals surface area contributed by atoms with E-state index in [1.54, 1.807) is 4.68 Å². The molecule has 2 rings (SSSR count). The molecular formula is C16H30N6O. The molecule has 0 aliphatic carbocycles. The van der Waals surface area contributed by atoms with Gasteiger partial charge in [-0.15, -0.1) is 5.10 Å². The molecule has 0 bridgehead atoms. The zero-order valence-corrected chi connectivity index (χ0v) is 14.4. The van der Waals surface area contributed by atoms with Crippen molar-refractivity contribution in [2.75, 3.05) is 32.7 Å². The Labute approximate surface area is 138 Å². The highest BCUT2D eigenvalue weighted by molar-refractivity contribution is 5.80. The second-order valence-electron chi connectivity index (χ2n) is 6.66. The molecule has 1 atom stereocenters. The van der Waals surface area contributed by atoms with Gasteiger partial charge >= 0.3 is 0 Å². The molecule has 0 unspecified atom stereocenters. The molecule has 2 heterocycles. The second-order valence-corrected chi connectivity index (χ2v) is 6.66. The summed E-state index contributed by atoms with van der Waals surface area (Å²) in [6.45, 7) is 8.21. The van der Waals surface area contributed by atoms with Gasteiger partial charge in [-0.25, -0.2) is 4.68 Å². The van der Waals surface area contributed by atoms with Gasteiger partial charge in [0.15, 0.2) is 0 Å². The highest BCUT2D eigenvalue weighted by Crippen LogP contribution is 2.19. The van der Waals surface area contributed by atoms with Crippen LogP contribution < -0.4 is 11.1 Å². The van der Waals surface area contributed by atoms with Crippen LogP contribution in [0.4, 0.5) is 0 Å². The number of carbonyl (C=O) groups excluding carboxylic acids is 1. The predicted molar refractivity (Wildman–Crippen MR) is 90.0 cm³/mol. The van der Waals surface area contributed by atoms with Gasteiger partial charge in [-0.1, -0.05) is 19.1 Å². The highest BCUT2D eigenvalue weighted by Gasteiger charge is 2.27. The van der Waals surface area contributed by atoms with Gasteiger partial charge in [0, 0.05) is 32.4 Å². The maximum atomic E-state index is 12.9. The van der Waals surface area contributed by atoms with E-state index in [0.29, 0.717) is 12.5 Å². The van der Waals surface area contributed by atoms with Gasteiger partial charge in [-0.2, -0.15) is 0 Å². The van der Waals surface area contributed by atoms with Gasteiger partial charge in [0.05, 0.1) is 5.69 Å². The Morgan fingerprint density at radius 1 is 1.35 bits per heavy atom. The smallest absolute Gasteiger partial charge is 0.247 e. The number of nitrogens with one attached hydrogen (secondary N) is 1. The molecule has 0 spiro atoms. The molecule has 7 nitrogen and oxygen atoms in total. The summed E-state index contributed by atoms with van der Waals surface area (Å²) >= 11 is 0. The fourth-order valence-corrected chi connectivity index (χ4v) is 2.92. The molecule has 1 aromatic rings. The second kappa shape index (κ2) is 8.98. The number of nitrogens with two attached hydrogens (primary N) is 1. The van der Waals surface area contributed by atoms with E-state index in [-0.39, 0.29) is 11.9 Å². The van der Waals surface area contributed by atoms with Crippen molar-refractivity contribution in [1.29, 1.82) is 0 Å². The van der Waals surface area contributed by atoms with E-state index in [2.05, 4.69) is 29.5 Å². The van der Waals surface area contributed by atoms with E-state index in [9.17, 15) is 4.79 Å². The van der Waals surface area contributed by atoms with Crippen molar-refractivity contribution in [2.45, 2.75) is 45.6 Å². The first-order valence-electron chi connectivity index (χ1n) is 8.72. The van der Waals surface area contributed by atoms with Crippen LogP contribution in [0.25, 0.3) is 0 Å². The lowest BCUT2D eigenvalue weighted by atomic mass is 10.1. The lowest BCUT2D eigenvalue weighted by Gasteiger charge is -2.30. The Morgan fingerprint density at radius 3 is 2.74 bits per heavy atom. The maximum Gasteiger partial charge on any atom is 0.247 e. The van der Waals surface area contributed by atoms with E-state index in [1.807, 2.05) is 11.1 Å². The zero-order valence-electron chi connectivity index (χ0n) is 14.4. The first-order chi connectivity index (χ1) is 11.1. The molecule has 1 amide bonds. The molecule has 1 fully saturated rings. The topological polar surface area (TPSA) is 89.1 Å². The van der Waals surface area contributed by atoms with Gasteiger partial charge in [0.2, 0.25) is 5.91 Å².